The topological polar surface area (TPSA) is 15.3 Å². The second kappa shape index (κ2) is 7.89. The molecule has 1 aliphatic rings. The summed E-state index contributed by atoms with van der Waals surface area (Å²) < 4.78 is 0. The maximum Gasteiger partial charge on any atom is 0.0137 e. The van der Waals surface area contributed by atoms with Gasteiger partial charge in [0.05, 0.1) is 0 Å². The van der Waals surface area contributed by atoms with Crippen LogP contribution in [0.4, 0.5) is 0 Å². The fourth-order valence-electron chi connectivity index (χ4n) is 1.99. The lowest BCUT2D eigenvalue weighted by Crippen LogP contribution is -2.32. The Morgan fingerprint density at radius 1 is 1.20 bits per heavy atom. The third-order valence-electron chi connectivity index (χ3n) is 2.93. The molecule has 0 atom stereocenters. The van der Waals surface area contributed by atoms with E-state index in [2.05, 4.69) is 30.1 Å². The number of allylic oxidation sites excluding steroid dienone is 1. The van der Waals surface area contributed by atoms with Gasteiger partial charge in [-0.2, -0.15) is 0 Å². The van der Waals surface area contributed by atoms with Crippen molar-refractivity contribution in [2.45, 2.75) is 39.5 Å². The van der Waals surface area contributed by atoms with Crippen molar-refractivity contribution in [1.82, 2.24) is 10.2 Å². The Labute approximate surface area is 94.7 Å². The Hall–Kier alpha value is -0.340. The van der Waals surface area contributed by atoms with E-state index in [-0.39, 0.29) is 0 Å². The molecule has 1 N–H and O–H groups in total. The van der Waals surface area contributed by atoms with Crippen LogP contribution in [-0.4, -0.2) is 37.6 Å². The van der Waals surface area contributed by atoms with Crippen LogP contribution >= 0.6 is 0 Å². The summed E-state index contributed by atoms with van der Waals surface area (Å²) in [7, 11) is 0. The summed E-state index contributed by atoms with van der Waals surface area (Å²) in [4.78, 5) is 2.60. The molecule has 2 heteroatoms. The van der Waals surface area contributed by atoms with Gasteiger partial charge in [0.25, 0.3) is 0 Å². The molecule has 88 valence electrons. The van der Waals surface area contributed by atoms with E-state index in [0.717, 1.165) is 13.1 Å². The van der Waals surface area contributed by atoms with Crippen molar-refractivity contribution >= 4 is 0 Å². The van der Waals surface area contributed by atoms with Gasteiger partial charge in [0.15, 0.2) is 0 Å². The van der Waals surface area contributed by atoms with Crippen LogP contribution in [0.25, 0.3) is 0 Å². The summed E-state index contributed by atoms with van der Waals surface area (Å²) in [5.41, 5.74) is 1.40. The molecule has 2 nitrogen and oxygen atoms in total. The van der Waals surface area contributed by atoms with E-state index in [1.807, 2.05) is 0 Å². The largest absolute Gasteiger partial charge is 0.313 e. The van der Waals surface area contributed by atoms with E-state index in [1.165, 1.54) is 50.9 Å². The van der Waals surface area contributed by atoms with Crippen LogP contribution in [-0.2, 0) is 0 Å². The van der Waals surface area contributed by atoms with Crippen molar-refractivity contribution in [2.75, 3.05) is 32.7 Å². The predicted molar refractivity (Wildman–Crippen MR) is 67.2 cm³/mol. The number of nitrogens with one attached hydrogen (secondary N) is 1. The average Bonchev–Trinajstić information content (AvgIpc) is 2.24. The van der Waals surface area contributed by atoms with Crippen molar-refractivity contribution in [2.24, 2.45) is 0 Å². The Morgan fingerprint density at radius 3 is 2.60 bits per heavy atom. The van der Waals surface area contributed by atoms with Gasteiger partial charge in [-0.15, -0.1) is 0 Å². The van der Waals surface area contributed by atoms with Crippen molar-refractivity contribution in [1.29, 1.82) is 0 Å². The Morgan fingerprint density at radius 2 is 1.93 bits per heavy atom. The fourth-order valence-corrected chi connectivity index (χ4v) is 1.99. The van der Waals surface area contributed by atoms with Crippen LogP contribution in [0, 0.1) is 0 Å². The third-order valence-corrected chi connectivity index (χ3v) is 2.93. The second-order valence-corrected chi connectivity index (χ2v) is 4.74. The van der Waals surface area contributed by atoms with Crippen molar-refractivity contribution in [3.63, 3.8) is 0 Å². The highest BCUT2D eigenvalue weighted by Crippen LogP contribution is 2.08. The minimum absolute atomic E-state index is 1.03. The molecular weight excluding hydrogens is 184 g/mol. The van der Waals surface area contributed by atoms with Gasteiger partial charge >= 0.3 is 0 Å². The third kappa shape index (κ3) is 6.69. The molecule has 1 rings (SSSR count). The molecule has 1 saturated heterocycles. The zero-order valence-corrected chi connectivity index (χ0v) is 10.4. The molecule has 0 aliphatic carbocycles. The molecule has 0 spiro atoms. The molecule has 1 heterocycles. The molecule has 0 saturated carbocycles. The standard InChI is InChI=1S/C13H26N2/c1-13(2)7-9-14-8-6-12-15-10-4-3-5-11-15/h7,14H,3-6,8-12H2,1-2H3. The smallest absolute Gasteiger partial charge is 0.0137 e. The number of rotatable bonds is 6. The quantitative estimate of drug-likeness (QED) is 0.535. The van der Waals surface area contributed by atoms with Gasteiger partial charge < -0.3 is 10.2 Å². The first-order chi connectivity index (χ1) is 7.29. The summed E-state index contributed by atoms with van der Waals surface area (Å²) in [5.74, 6) is 0. The highest BCUT2D eigenvalue weighted by Gasteiger charge is 2.08. The number of nitrogens with zero attached hydrogens (tertiary/aromatic N) is 1. The lowest BCUT2D eigenvalue weighted by molar-refractivity contribution is 0.226. The Kier molecular flexibility index (Phi) is 6.69. The first-order valence-corrected chi connectivity index (χ1v) is 6.35. The summed E-state index contributed by atoms with van der Waals surface area (Å²) in [5, 5.41) is 3.45. The minimum Gasteiger partial charge on any atom is -0.313 e. The highest BCUT2D eigenvalue weighted by molar-refractivity contribution is 4.94. The Balaban J connectivity index is 1.90. The van der Waals surface area contributed by atoms with Crippen LogP contribution in [0.5, 0.6) is 0 Å². The number of likely N-dealkylation sites (tertiary alicyclic amines) is 1. The number of hydrogen-bond acceptors (Lipinski definition) is 2. The lowest BCUT2D eigenvalue weighted by Gasteiger charge is -2.26. The van der Waals surface area contributed by atoms with Crippen molar-refractivity contribution in [3.05, 3.63) is 11.6 Å². The van der Waals surface area contributed by atoms with Gasteiger partial charge in [-0.1, -0.05) is 18.1 Å². The fraction of sp³-hybridized carbons (Fsp3) is 0.846. The van der Waals surface area contributed by atoms with Crippen molar-refractivity contribution in [3.8, 4) is 0 Å². The van der Waals surface area contributed by atoms with E-state index in [4.69, 9.17) is 0 Å². The second-order valence-electron chi connectivity index (χ2n) is 4.74. The average molecular weight is 210 g/mol. The molecule has 0 bridgehead atoms. The number of piperidine rings is 1. The van der Waals surface area contributed by atoms with Crippen LogP contribution < -0.4 is 5.32 Å². The molecule has 0 aromatic heterocycles. The van der Waals surface area contributed by atoms with Gasteiger partial charge in [0.2, 0.25) is 0 Å². The maximum absolute atomic E-state index is 3.45. The Bertz CT molecular complexity index is 177. The monoisotopic (exact) mass is 210 g/mol. The minimum atomic E-state index is 1.03. The van der Waals surface area contributed by atoms with Gasteiger partial charge in [0.1, 0.15) is 0 Å². The van der Waals surface area contributed by atoms with Gasteiger partial charge in [-0.25, -0.2) is 0 Å². The van der Waals surface area contributed by atoms with Crippen LogP contribution in [0.1, 0.15) is 39.5 Å². The zero-order chi connectivity index (χ0) is 10.9. The molecule has 15 heavy (non-hydrogen) atoms. The van der Waals surface area contributed by atoms with Crippen LogP contribution in [0.15, 0.2) is 11.6 Å². The first kappa shape index (κ1) is 12.7. The molecule has 0 aromatic carbocycles. The summed E-state index contributed by atoms with van der Waals surface area (Å²) in [6, 6.07) is 0. The first-order valence-electron chi connectivity index (χ1n) is 6.35. The van der Waals surface area contributed by atoms with Crippen LogP contribution in [0.3, 0.4) is 0 Å². The van der Waals surface area contributed by atoms with Gasteiger partial charge in [-0.05, 0) is 59.3 Å². The molecule has 1 aliphatic heterocycles. The summed E-state index contributed by atoms with van der Waals surface area (Å²) in [6.07, 6.45) is 7.79. The maximum atomic E-state index is 3.45. The predicted octanol–water partition coefficient (Wildman–Crippen LogP) is 2.42. The van der Waals surface area contributed by atoms with Gasteiger partial charge in [0, 0.05) is 6.54 Å². The van der Waals surface area contributed by atoms with E-state index in [1.54, 1.807) is 0 Å². The molecule has 0 unspecified atom stereocenters. The van der Waals surface area contributed by atoms with E-state index < -0.39 is 0 Å². The van der Waals surface area contributed by atoms with E-state index >= 15 is 0 Å². The SMILES string of the molecule is CC(C)=CCNCCCN1CCCCC1. The normalized spacial score (nSPS) is 17.7. The van der Waals surface area contributed by atoms with E-state index in [9.17, 15) is 0 Å². The highest BCUT2D eigenvalue weighted by atomic mass is 15.1. The molecule has 1 fully saturated rings. The summed E-state index contributed by atoms with van der Waals surface area (Å²) >= 11 is 0. The van der Waals surface area contributed by atoms with Crippen LogP contribution in [0.2, 0.25) is 0 Å². The van der Waals surface area contributed by atoms with E-state index in [0.29, 0.717) is 0 Å². The molecule has 0 aromatic rings. The zero-order valence-electron chi connectivity index (χ0n) is 10.4. The molecule has 0 radical (unpaired) electrons. The molecular formula is C13H26N2. The van der Waals surface area contributed by atoms with Crippen molar-refractivity contribution < 1.29 is 0 Å². The van der Waals surface area contributed by atoms with Gasteiger partial charge in [-0.3, -0.25) is 0 Å². The number of hydrogen-bond donors (Lipinski definition) is 1. The summed E-state index contributed by atoms with van der Waals surface area (Å²) in [6.45, 7) is 10.4. The molecule has 0 amide bonds. The lowest BCUT2D eigenvalue weighted by atomic mass is 10.1.